The second kappa shape index (κ2) is 8.05. The molecule has 1 N–H and O–H groups in total. The zero-order chi connectivity index (χ0) is 22.2. The summed E-state index contributed by atoms with van der Waals surface area (Å²) in [6, 6.07) is 19.6. The van der Waals surface area contributed by atoms with Crippen LogP contribution in [0.4, 0.5) is 5.82 Å². The smallest absolute Gasteiger partial charge is 0.260 e. The number of nitrogens with zero attached hydrogens (tertiary/aromatic N) is 4. The van der Waals surface area contributed by atoms with Crippen LogP contribution in [0, 0.1) is 0 Å². The third-order valence-electron chi connectivity index (χ3n) is 5.88. The number of hydrogen-bond acceptors (Lipinski definition) is 4. The molecular weight excluding hydrogens is 400 g/mol. The largest absolute Gasteiger partial charge is 0.392 e. The van der Waals surface area contributed by atoms with Crippen LogP contribution < -0.4 is 4.90 Å². The average Bonchev–Trinajstić information content (AvgIpc) is 3.44. The summed E-state index contributed by atoms with van der Waals surface area (Å²) in [6.07, 6.45) is 3.71. The SMILES string of the molecule is CC(C)n1ccnc1-c1cccc(N2Cc3ccc(-c4ccccc4CO)cc3C2=O)n1. The van der Waals surface area contributed by atoms with Crippen LogP contribution in [0.1, 0.15) is 41.4 Å². The Bertz CT molecular complexity index is 1310. The van der Waals surface area contributed by atoms with Gasteiger partial charge in [0.25, 0.3) is 5.91 Å². The number of aliphatic hydroxyl groups is 1. The molecule has 0 spiro atoms. The molecular formula is C26H24N4O2. The Morgan fingerprint density at radius 2 is 1.88 bits per heavy atom. The number of carbonyl (C=O) groups excluding carboxylic acids is 1. The molecule has 1 amide bonds. The first kappa shape index (κ1) is 20.2. The van der Waals surface area contributed by atoms with E-state index in [-0.39, 0.29) is 18.6 Å². The molecule has 0 saturated heterocycles. The maximum atomic E-state index is 13.3. The van der Waals surface area contributed by atoms with Crippen LogP contribution in [0.2, 0.25) is 0 Å². The molecule has 2 aromatic heterocycles. The molecule has 4 aromatic rings. The van der Waals surface area contributed by atoms with Crippen LogP contribution in [-0.4, -0.2) is 25.5 Å². The number of imidazole rings is 1. The fraction of sp³-hybridized carbons (Fsp3) is 0.192. The first-order chi connectivity index (χ1) is 15.6. The van der Waals surface area contributed by atoms with Crippen LogP contribution >= 0.6 is 0 Å². The summed E-state index contributed by atoms with van der Waals surface area (Å²) in [4.78, 5) is 24.3. The van der Waals surface area contributed by atoms with Crippen molar-refractivity contribution in [2.75, 3.05) is 4.90 Å². The van der Waals surface area contributed by atoms with Crippen molar-refractivity contribution in [2.24, 2.45) is 0 Å². The van der Waals surface area contributed by atoms with Crippen LogP contribution in [0.3, 0.4) is 0 Å². The molecule has 1 aliphatic rings. The molecule has 2 aromatic carbocycles. The summed E-state index contributed by atoms with van der Waals surface area (Å²) in [5.41, 5.74) is 5.07. The average molecular weight is 425 g/mol. The molecule has 3 heterocycles. The lowest BCUT2D eigenvalue weighted by molar-refractivity contribution is 0.0996. The van der Waals surface area contributed by atoms with Crippen molar-refractivity contribution < 1.29 is 9.90 Å². The van der Waals surface area contributed by atoms with Gasteiger partial charge in [0.05, 0.1) is 13.2 Å². The van der Waals surface area contributed by atoms with E-state index < -0.39 is 0 Å². The van der Waals surface area contributed by atoms with Gasteiger partial charge in [-0.2, -0.15) is 0 Å². The number of benzene rings is 2. The van der Waals surface area contributed by atoms with Gasteiger partial charge in [0.1, 0.15) is 11.5 Å². The van der Waals surface area contributed by atoms with Crippen molar-refractivity contribution in [3.63, 3.8) is 0 Å². The lowest BCUT2D eigenvalue weighted by Gasteiger charge is -2.16. The highest BCUT2D eigenvalue weighted by Gasteiger charge is 2.30. The Hall–Kier alpha value is -3.77. The summed E-state index contributed by atoms with van der Waals surface area (Å²) >= 11 is 0. The van der Waals surface area contributed by atoms with Gasteiger partial charge >= 0.3 is 0 Å². The highest BCUT2D eigenvalue weighted by atomic mass is 16.3. The first-order valence-electron chi connectivity index (χ1n) is 10.7. The van der Waals surface area contributed by atoms with Crippen molar-refractivity contribution in [2.45, 2.75) is 33.0 Å². The van der Waals surface area contributed by atoms with Crippen molar-refractivity contribution in [3.05, 3.63) is 89.7 Å². The zero-order valence-corrected chi connectivity index (χ0v) is 18.1. The van der Waals surface area contributed by atoms with E-state index in [1.807, 2.05) is 66.9 Å². The summed E-state index contributed by atoms with van der Waals surface area (Å²) in [5.74, 6) is 1.33. The van der Waals surface area contributed by atoms with E-state index in [0.717, 1.165) is 33.8 Å². The number of aromatic nitrogens is 3. The van der Waals surface area contributed by atoms with Gasteiger partial charge in [0.15, 0.2) is 5.82 Å². The molecule has 32 heavy (non-hydrogen) atoms. The van der Waals surface area contributed by atoms with Crippen LogP contribution in [0.15, 0.2) is 73.1 Å². The van der Waals surface area contributed by atoms with Crippen molar-refractivity contribution in [1.29, 1.82) is 0 Å². The van der Waals surface area contributed by atoms with Gasteiger partial charge in [0, 0.05) is 24.0 Å². The van der Waals surface area contributed by atoms with Gasteiger partial charge in [-0.1, -0.05) is 42.5 Å². The van der Waals surface area contributed by atoms with E-state index in [0.29, 0.717) is 17.9 Å². The second-order valence-electron chi connectivity index (χ2n) is 8.21. The van der Waals surface area contributed by atoms with Crippen LogP contribution in [0.25, 0.3) is 22.6 Å². The number of anilines is 1. The Morgan fingerprint density at radius 3 is 2.69 bits per heavy atom. The minimum Gasteiger partial charge on any atom is -0.392 e. The number of aliphatic hydroxyl groups excluding tert-OH is 1. The Balaban J connectivity index is 1.49. The maximum absolute atomic E-state index is 13.3. The first-order valence-corrected chi connectivity index (χ1v) is 10.7. The number of fused-ring (bicyclic) bond motifs is 1. The number of pyridine rings is 1. The summed E-state index contributed by atoms with van der Waals surface area (Å²) < 4.78 is 2.07. The molecule has 0 radical (unpaired) electrons. The molecule has 6 nitrogen and oxygen atoms in total. The zero-order valence-electron chi connectivity index (χ0n) is 18.1. The standard InChI is InChI=1S/C26H24N4O2/c1-17(2)29-13-12-27-25(29)23-8-5-9-24(28-23)30-15-19-11-10-18(14-22(19)26(30)32)21-7-4-3-6-20(21)16-31/h3-14,17,31H,15-16H2,1-2H3. The minimum absolute atomic E-state index is 0.0455. The van der Waals surface area contributed by atoms with Crippen molar-refractivity contribution >= 4 is 11.7 Å². The van der Waals surface area contributed by atoms with Gasteiger partial charge in [-0.3, -0.25) is 9.69 Å². The van der Waals surface area contributed by atoms with Gasteiger partial charge < -0.3 is 9.67 Å². The number of hydrogen-bond donors (Lipinski definition) is 1. The lowest BCUT2D eigenvalue weighted by atomic mass is 9.97. The van der Waals surface area contributed by atoms with Crippen LogP contribution in [0.5, 0.6) is 0 Å². The summed E-state index contributed by atoms with van der Waals surface area (Å²) in [7, 11) is 0. The predicted octanol–water partition coefficient (Wildman–Crippen LogP) is 4.85. The van der Waals surface area contributed by atoms with E-state index in [1.54, 1.807) is 11.1 Å². The quantitative estimate of drug-likeness (QED) is 0.497. The van der Waals surface area contributed by atoms with E-state index in [9.17, 15) is 9.90 Å². The molecule has 0 unspecified atom stereocenters. The molecule has 0 aliphatic carbocycles. The molecule has 0 fully saturated rings. The lowest BCUT2D eigenvalue weighted by Crippen LogP contribution is -2.24. The van der Waals surface area contributed by atoms with Crippen molar-refractivity contribution in [1.82, 2.24) is 14.5 Å². The Morgan fingerprint density at radius 1 is 1.03 bits per heavy atom. The second-order valence-corrected chi connectivity index (χ2v) is 8.21. The highest BCUT2D eigenvalue weighted by Crippen LogP contribution is 2.33. The normalized spacial score (nSPS) is 13.1. The monoisotopic (exact) mass is 424 g/mol. The molecule has 160 valence electrons. The maximum Gasteiger partial charge on any atom is 0.260 e. The molecule has 0 saturated carbocycles. The topological polar surface area (TPSA) is 71.2 Å². The Kier molecular flexibility index (Phi) is 5.07. The van der Waals surface area contributed by atoms with Gasteiger partial charge in [-0.25, -0.2) is 9.97 Å². The number of carbonyl (C=O) groups is 1. The molecule has 0 atom stereocenters. The molecule has 1 aliphatic heterocycles. The third-order valence-corrected chi connectivity index (χ3v) is 5.88. The van der Waals surface area contributed by atoms with Gasteiger partial charge in [-0.15, -0.1) is 0 Å². The van der Waals surface area contributed by atoms with Crippen LogP contribution in [-0.2, 0) is 13.2 Å². The molecule has 0 bridgehead atoms. The summed E-state index contributed by atoms with van der Waals surface area (Å²) in [5, 5.41) is 9.68. The van der Waals surface area contributed by atoms with Gasteiger partial charge in [0.2, 0.25) is 0 Å². The number of rotatable bonds is 5. The third kappa shape index (κ3) is 3.39. The van der Waals surface area contributed by atoms with Gasteiger partial charge in [-0.05, 0) is 54.3 Å². The Labute approximate surface area is 186 Å². The van der Waals surface area contributed by atoms with Crippen molar-refractivity contribution in [3.8, 4) is 22.6 Å². The fourth-order valence-electron chi connectivity index (χ4n) is 4.22. The minimum atomic E-state index is -0.0693. The van der Waals surface area contributed by atoms with E-state index in [1.165, 1.54) is 0 Å². The molecule has 5 rings (SSSR count). The van der Waals surface area contributed by atoms with E-state index in [4.69, 9.17) is 4.98 Å². The van der Waals surface area contributed by atoms with E-state index >= 15 is 0 Å². The highest BCUT2D eigenvalue weighted by molar-refractivity contribution is 6.10. The number of amides is 1. The fourth-order valence-corrected chi connectivity index (χ4v) is 4.22. The predicted molar refractivity (Wildman–Crippen MR) is 124 cm³/mol. The molecule has 6 heteroatoms. The summed E-state index contributed by atoms with van der Waals surface area (Å²) in [6.45, 7) is 4.63. The van der Waals surface area contributed by atoms with E-state index in [2.05, 4.69) is 23.4 Å².